The van der Waals surface area contributed by atoms with Gasteiger partial charge in [-0.15, -0.1) is 10.2 Å². The number of amides is 1. The Morgan fingerprint density at radius 2 is 2.07 bits per heavy atom. The summed E-state index contributed by atoms with van der Waals surface area (Å²) in [7, 11) is 0. The second kappa shape index (κ2) is 9.32. The average Bonchev–Trinajstić information content (AvgIpc) is 3.14. The minimum Gasteiger partial charge on any atom is -0.488 e. The molecule has 1 heterocycles. The van der Waals surface area contributed by atoms with E-state index >= 15 is 0 Å². The van der Waals surface area contributed by atoms with Crippen molar-refractivity contribution in [3.8, 4) is 5.75 Å². The van der Waals surface area contributed by atoms with Crippen LogP contribution in [-0.4, -0.2) is 27.2 Å². The Morgan fingerprint density at radius 1 is 1.22 bits per heavy atom. The van der Waals surface area contributed by atoms with Crippen LogP contribution in [0.5, 0.6) is 5.75 Å². The fourth-order valence-corrected chi connectivity index (χ4v) is 3.13. The van der Waals surface area contributed by atoms with E-state index in [0.717, 1.165) is 22.4 Å². The van der Waals surface area contributed by atoms with Crippen LogP contribution in [0.4, 0.5) is 0 Å². The number of rotatable bonds is 8. The molecular formula is C20H21BrN4O2. The van der Waals surface area contributed by atoms with E-state index in [1.165, 1.54) is 0 Å². The van der Waals surface area contributed by atoms with E-state index in [0.29, 0.717) is 30.9 Å². The molecule has 6 nitrogen and oxygen atoms in total. The van der Waals surface area contributed by atoms with Crippen LogP contribution in [0.2, 0.25) is 0 Å². The van der Waals surface area contributed by atoms with Crippen molar-refractivity contribution in [3.05, 3.63) is 76.3 Å². The van der Waals surface area contributed by atoms with E-state index in [9.17, 15) is 4.79 Å². The molecule has 0 saturated carbocycles. The Balaban J connectivity index is 1.59. The van der Waals surface area contributed by atoms with Crippen molar-refractivity contribution in [1.82, 2.24) is 20.1 Å². The lowest BCUT2D eigenvalue weighted by atomic mass is 10.2. The van der Waals surface area contributed by atoms with E-state index in [1.54, 1.807) is 18.5 Å². The maximum atomic E-state index is 12.6. The van der Waals surface area contributed by atoms with Gasteiger partial charge >= 0.3 is 0 Å². The second-order valence-electron chi connectivity index (χ2n) is 5.95. The van der Waals surface area contributed by atoms with Gasteiger partial charge in [0.05, 0.1) is 5.56 Å². The molecule has 0 unspecified atom stereocenters. The standard InChI is InChI=1S/C20H21BrN4O2/c1-2-25-14-23-24-19(25)10-11-22-20(26)17-8-3-4-9-18(17)27-13-15-6-5-7-16(21)12-15/h3-9,12,14H,2,10-11,13H2,1H3,(H,22,26). The molecule has 0 bridgehead atoms. The molecule has 3 rings (SSSR count). The van der Waals surface area contributed by atoms with Gasteiger partial charge in [0.1, 0.15) is 24.5 Å². The van der Waals surface area contributed by atoms with Gasteiger partial charge in [0.2, 0.25) is 0 Å². The summed E-state index contributed by atoms with van der Waals surface area (Å²) in [4.78, 5) is 12.6. The van der Waals surface area contributed by atoms with E-state index in [2.05, 4.69) is 31.4 Å². The fourth-order valence-electron chi connectivity index (χ4n) is 2.69. The third kappa shape index (κ3) is 5.17. The molecule has 1 amide bonds. The van der Waals surface area contributed by atoms with Gasteiger partial charge in [0.25, 0.3) is 5.91 Å². The summed E-state index contributed by atoms with van der Waals surface area (Å²) in [6.07, 6.45) is 2.32. The van der Waals surface area contributed by atoms with Crippen LogP contribution in [0.25, 0.3) is 0 Å². The molecule has 0 aliphatic rings. The average molecular weight is 429 g/mol. The number of hydrogen-bond acceptors (Lipinski definition) is 4. The van der Waals surface area contributed by atoms with Gasteiger partial charge < -0.3 is 14.6 Å². The lowest BCUT2D eigenvalue weighted by Gasteiger charge is -2.12. The molecule has 0 aliphatic heterocycles. The van der Waals surface area contributed by atoms with Crippen LogP contribution >= 0.6 is 15.9 Å². The van der Waals surface area contributed by atoms with Gasteiger partial charge in [-0.05, 0) is 36.8 Å². The molecule has 0 radical (unpaired) electrons. The molecule has 7 heteroatoms. The quantitative estimate of drug-likeness (QED) is 0.594. The molecule has 1 N–H and O–H groups in total. The molecule has 0 fully saturated rings. The lowest BCUT2D eigenvalue weighted by Crippen LogP contribution is -2.27. The monoisotopic (exact) mass is 428 g/mol. The van der Waals surface area contributed by atoms with Crippen LogP contribution in [-0.2, 0) is 19.6 Å². The van der Waals surface area contributed by atoms with Crippen molar-refractivity contribution < 1.29 is 9.53 Å². The number of carbonyl (C=O) groups excluding carboxylic acids is 1. The Labute approximate surface area is 166 Å². The highest BCUT2D eigenvalue weighted by atomic mass is 79.9. The first kappa shape index (κ1) is 19.1. The molecule has 0 aliphatic carbocycles. The zero-order chi connectivity index (χ0) is 19.1. The first-order valence-corrected chi connectivity index (χ1v) is 9.58. The van der Waals surface area contributed by atoms with Crippen LogP contribution in [0.15, 0.2) is 59.3 Å². The van der Waals surface area contributed by atoms with Gasteiger partial charge in [-0.1, -0.05) is 40.2 Å². The van der Waals surface area contributed by atoms with Crippen molar-refractivity contribution >= 4 is 21.8 Å². The second-order valence-corrected chi connectivity index (χ2v) is 6.87. The number of halogens is 1. The Hall–Kier alpha value is -2.67. The van der Waals surface area contributed by atoms with Gasteiger partial charge in [-0.3, -0.25) is 4.79 Å². The predicted octanol–water partition coefficient (Wildman–Crippen LogP) is 3.61. The Kier molecular flexibility index (Phi) is 6.59. The third-order valence-corrected chi connectivity index (χ3v) is 4.58. The first-order chi connectivity index (χ1) is 13.2. The number of carbonyl (C=O) groups is 1. The molecular weight excluding hydrogens is 408 g/mol. The maximum absolute atomic E-state index is 12.6. The summed E-state index contributed by atoms with van der Waals surface area (Å²) in [5, 5.41) is 10.9. The van der Waals surface area contributed by atoms with E-state index < -0.39 is 0 Å². The van der Waals surface area contributed by atoms with Crippen LogP contribution in [0.1, 0.15) is 28.7 Å². The van der Waals surface area contributed by atoms with Crippen molar-refractivity contribution in [2.75, 3.05) is 6.54 Å². The maximum Gasteiger partial charge on any atom is 0.255 e. The summed E-state index contributed by atoms with van der Waals surface area (Å²) >= 11 is 3.45. The molecule has 27 heavy (non-hydrogen) atoms. The number of aryl methyl sites for hydroxylation is 1. The van der Waals surface area contributed by atoms with Gasteiger partial charge in [0.15, 0.2) is 0 Å². The summed E-state index contributed by atoms with van der Waals surface area (Å²) in [5.74, 6) is 1.26. The Morgan fingerprint density at radius 3 is 2.89 bits per heavy atom. The lowest BCUT2D eigenvalue weighted by molar-refractivity contribution is 0.0949. The summed E-state index contributed by atoms with van der Waals surface area (Å²) in [5.41, 5.74) is 1.54. The van der Waals surface area contributed by atoms with Gasteiger partial charge in [-0.2, -0.15) is 0 Å². The SMILES string of the molecule is CCn1cnnc1CCNC(=O)c1ccccc1OCc1cccc(Br)c1. The highest BCUT2D eigenvalue weighted by molar-refractivity contribution is 9.10. The van der Waals surface area contributed by atoms with Crippen LogP contribution in [0, 0.1) is 0 Å². The van der Waals surface area contributed by atoms with Gasteiger partial charge in [0, 0.05) is 24.0 Å². The number of nitrogens with one attached hydrogen (secondary N) is 1. The molecule has 0 saturated heterocycles. The van der Waals surface area contributed by atoms with E-state index in [4.69, 9.17) is 4.74 Å². The number of hydrogen-bond donors (Lipinski definition) is 1. The summed E-state index contributed by atoms with van der Waals surface area (Å²) < 4.78 is 8.83. The van der Waals surface area contributed by atoms with Crippen molar-refractivity contribution in [2.45, 2.75) is 26.5 Å². The highest BCUT2D eigenvalue weighted by Crippen LogP contribution is 2.20. The number of para-hydroxylation sites is 1. The third-order valence-electron chi connectivity index (χ3n) is 4.09. The molecule has 2 aromatic carbocycles. The van der Waals surface area contributed by atoms with Crippen LogP contribution < -0.4 is 10.1 Å². The topological polar surface area (TPSA) is 69.0 Å². The minimum atomic E-state index is -0.164. The zero-order valence-corrected chi connectivity index (χ0v) is 16.6. The largest absolute Gasteiger partial charge is 0.488 e. The normalized spacial score (nSPS) is 10.6. The predicted molar refractivity (Wildman–Crippen MR) is 107 cm³/mol. The van der Waals surface area contributed by atoms with Crippen molar-refractivity contribution in [3.63, 3.8) is 0 Å². The summed E-state index contributed by atoms with van der Waals surface area (Å²) in [6, 6.07) is 15.1. The van der Waals surface area contributed by atoms with Crippen LogP contribution in [0.3, 0.4) is 0 Å². The minimum absolute atomic E-state index is 0.164. The number of benzene rings is 2. The number of aromatic nitrogens is 3. The number of nitrogens with zero attached hydrogens (tertiary/aromatic N) is 3. The molecule has 1 aromatic heterocycles. The molecule has 0 spiro atoms. The van der Waals surface area contributed by atoms with E-state index in [1.807, 2.05) is 47.9 Å². The fraction of sp³-hybridized carbons (Fsp3) is 0.250. The first-order valence-electron chi connectivity index (χ1n) is 8.78. The van der Waals surface area contributed by atoms with Crippen molar-refractivity contribution in [1.29, 1.82) is 0 Å². The van der Waals surface area contributed by atoms with E-state index in [-0.39, 0.29) is 5.91 Å². The smallest absolute Gasteiger partial charge is 0.255 e. The number of ether oxygens (including phenoxy) is 1. The van der Waals surface area contributed by atoms with Crippen molar-refractivity contribution in [2.24, 2.45) is 0 Å². The molecule has 140 valence electrons. The highest BCUT2D eigenvalue weighted by Gasteiger charge is 2.12. The Bertz CT molecular complexity index is 910. The van der Waals surface area contributed by atoms with Gasteiger partial charge in [-0.25, -0.2) is 0 Å². The molecule has 3 aromatic rings. The molecule has 0 atom stereocenters. The zero-order valence-electron chi connectivity index (χ0n) is 15.1. The summed E-state index contributed by atoms with van der Waals surface area (Å²) in [6.45, 7) is 3.72.